The molecule has 0 aromatic carbocycles. The highest BCUT2D eigenvalue weighted by Gasteiger charge is 2.57. The first-order valence-corrected chi connectivity index (χ1v) is 8.94. The van der Waals surface area contributed by atoms with Crippen LogP contribution in [0.2, 0.25) is 0 Å². The zero-order valence-electron chi connectivity index (χ0n) is 13.6. The van der Waals surface area contributed by atoms with Crippen molar-refractivity contribution in [2.75, 3.05) is 13.1 Å². The van der Waals surface area contributed by atoms with Crippen molar-refractivity contribution in [2.45, 2.75) is 68.5 Å². The molecule has 4 saturated carbocycles. The zero-order chi connectivity index (χ0) is 16.2. The number of amides is 2. The summed E-state index contributed by atoms with van der Waals surface area (Å²) in [6.07, 6.45) is 7.50. The van der Waals surface area contributed by atoms with E-state index in [1.807, 2.05) is 0 Å². The molecule has 0 spiro atoms. The molecule has 1 saturated heterocycles. The van der Waals surface area contributed by atoms with Gasteiger partial charge in [-0.1, -0.05) is 0 Å². The monoisotopic (exact) mass is 321 g/mol. The fourth-order valence-corrected chi connectivity index (χ4v) is 6.15. The lowest BCUT2D eigenvalue weighted by Gasteiger charge is -2.60. The first-order chi connectivity index (χ1) is 10.9. The summed E-state index contributed by atoms with van der Waals surface area (Å²) >= 11 is 0. The molecule has 6 heteroatoms. The van der Waals surface area contributed by atoms with Gasteiger partial charge in [-0.05, 0) is 63.2 Å². The first-order valence-electron chi connectivity index (χ1n) is 8.94. The van der Waals surface area contributed by atoms with Crippen LogP contribution in [0.25, 0.3) is 0 Å². The Morgan fingerprint density at radius 1 is 1.22 bits per heavy atom. The highest BCUT2D eigenvalue weighted by Crippen LogP contribution is 2.57. The Morgan fingerprint density at radius 3 is 2.52 bits per heavy atom. The molecule has 4 N–H and O–H groups in total. The number of hydrogen-bond acceptors (Lipinski definition) is 4. The molecule has 23 heavy (non-hydrogen) atoms. The van der Waals surface area contributed by atoms with Gasteiger partial charge in [0, 0.05) is 12.1 Å². The average molecular weight is 321 g/mol. The van der Waals surface area contributed by atoms with Gasteiger partial charge in [0.05, 0.1) is 12.1 Å². The summed E-state index contributed by atoms with van der Waals surface area (Å²) in [5.41, 5.74) is 4.79. The molecule has 5 aliphatic rings. The van der Waals surface area contributed by atoms with Crippen molar-refractivity contribution in [3.63, 3.8) is 0 Å². The second-order valence-electron chi connectivity index (χ2n) is 8.47. The summed E-state index contributed by atoms with van der Waals surface area (Å²) in [6, 6.07) is -0.440. The molecule has 5 rings (SSSR count). The van der Waals surface area contributed by atoms with Crippen LogP contribution in [0.5, 0.6) is 0 Å². The van der Waals surface area contributed by atoms with Gasteiger partial charge in [0.25, 0.3) is 0 Å². The molecule has 5 fully saturated rings. The molecule has 128 valence electrons. The van der Waals surface area contributed by atoms with Crippen LogP contribution in [0.4, 0.5) is 0 Å². The number of hydrogen-bond donors (Lipinski definition) is 3. The third kappa shape index (κ3) is 2.66. The highest BCUT2D eigenvalue weighted by atomic mass is 16.3. The van der Waals surface area contributed by atoms with Gasteiger partial charge >= 0.3 is 0 Å². The van der Waals surface area contributed by atoms with Gasteiger partial charge in [0.2, 0.25) is 11.8 Å². The van der Waals surface area contributed by atoms with Crippen molar-refractivity contribution in [3.05, 3.63) is 0 Å². The number of carbonyl (C=O) groups excluding carboxylic acids is 2. The molecule has 4 aliphatic carbocycles. The number of nitrogens with one attached hydrogen (secondary N) is 1. The Bertz CT molecular complexity index is 521. The van der Waals surface area contributed by atoms with Crippen LogP contribution in [-0.4, -0.2) is 52.1 Å². The Hall–Kier alpha value is -1.14. The third-order valence-corrected chi connectivity index (χ3v) is 6.55. The van der Waals surface area contributed by atoms with Crippen molar-refractivity contribution < 1.29 is 14.7 Å². The van der Waals surface area contributed by atoms with E-state index in [4.69, 9.17) is 5.73 Å². The Balaban J connectivity index is 1.41. The first kappa shape index (κ1) is 15.4. The van der Waals surface area contributed by atoms with E-state index in [1.165, 1.54) is 6.42 Å². The van der Waals surface area contributed by atoms with E-state index in [9.17, 15) is 14.7 Å². The summed E-state index contributed by atoms with van der Waals surface area (Å²) in [7, 11) is 0. The fraction of sp³-hybridized carbons (Fsp3) is 0.882. The van der Waals surface area contributed by atoms with E-state index in [2.05, 4.69) is 5.32 Å². The number of nitrogens with zero attached hydrogens (tertiary/aromatic N) is 1. The third-order valence-electron chi connectivity index (χ3n) is 6.55. The summed E-state index contributed by atoms with van der Waals surface area (Å²) in [5.74, 6) is 0.747. The second-order valence-corrected chi connectivity index (χ2v) is 8.47. The lowest BCUT2D eigenvalue weighted by Crippen LogP contribution is -2.65. The van der Waals surface area contributed by atoms with E-state index >= 15 is 0 Å². The number of likely N-dealkylation sites (tertiary alicyclic amines) is 1. The zero-order valence-corrected chi connectivity index (χ0v) is 13.6. The molecule has 1 heterocycles. The molecular formula is C17H27N3O3. The molecule has 6 nitrogen and oxygen atoms in total. The maximum Gasteiger partial charge on any atom is 0.240 e. The number of nitrogens with two attached hydrogens (primary N) is 1. The van der Waals surface area contributed by atoms with Crippen molar-refractivity contribution in [1.29, 1.82) is 0 Å². The van der Waals surface area contributed by atoms with Gasteiger partial charge in [0.15, 0.2) is 0 Å². The topological polar surface area (TPSA) is 95.7 Å². The van der Waals surface area contributed by atoms with E-state index in [-0.39, 0.29) is 18.0 Å². The van der Waals surface area contributed by atoms with Crippen molar-refractivity contribution >= 4 is 11.8 Å². The molecule has 1 aliphatic heterocycles. The number of aliphatic hydroxyl groups is 1. The normalized spacial score (nSPS) is 44.7. The van der Waals surface area contributed by atoms with Crippen molar-refractivity contribution in [2.24, 2.45) is 17.6 Å². The Labute approximate surface area is 136 Å². The maximum atomic E-state index is 12.5. The second kappa shape index (κ2) is 5.18. The number of carbonyl (C=O) groups is 2. The molecule has 0 radical (unpaired) electrons. The smallest absolute Gasteiger partial charge is 0.240 e. The molecule has 3 atom stereocenters. The minimum atomic E-state index is -0.524. The SMILES string of the molecule is NC(=O)[C@H]1CCCN1C(=O)CNC12CC3CC(CC(O)(C3)C1)C2. The summed E-state index contributed by atoms with van der Waals surface area (Å²) in [6.45, 7) is 0.871. The molecule has 0 aromatic rings. The van der Waals surface area contributed by atoms with Gasteiger partial charge in [-0.2, -0.15) is 0 Å². The largest absolute Gasteiger partial charge is 0.390 e. The van der Waals surface area contributed by atoms with E-state index in [0.717, 1.165) is 38.5 Å². The minimum absolute atomic E-state index is 0.0333. The molecule has 0 aromatic heterocycles. The summed E-state index contributed by atoms with van der Waals surface area (Å²) in [4.78, 5) is 25.6. The van der Waals surface area contributed by atoms with Crippen LogP contribution < -0.4 is 11.1 Å². The van der Waals surface area contributed by atoms with Crippen LogP contribution in [0.15, 0.2) is 0 Å². The number of primary amides is 1. The lowest BCUT2D eigenvalue weighted by atomic mass is 9.51. The van der Waals surface area contributed by atoms with Gasteiger partial charge in [-0.3, -0.25) is 9.59 Å². The van der Waals surface area contributed by atoms with Crippen LogP contribution in [-0.2, 0) is 9.59 Å². The molecule has 4 bridgehead atoms. The van der Waals surface area contributed by atoms with Gasteiger partial charge in [-0.25, -0.2) is 0 Å². The quantitative estimate of drug-likeness (QED) is 0.686. The molecule has 2 unspecified atom stereocenters. The van der Waals surface area contributed by atoms with Crippen molar-refractivity contribution in [1.82, 2.24) is 10.2 Å². The number of rotatable bonds is 4. The van der Waals surface area contributed by atoms with E-state index in [0.29, 0.717) is 24.8 Å². The summed E-state index contributed by atoms with van der Waals surface area (Å²) < 4.78 is 0. The van der Waals surface area contributed by atoms with E-state index in [1.54, 1.807) is 4.90 Å². The van der Waals surface area contributed by atoms with Crippen LogP contribution in [0.1, 0.15) is 51.4 Å². The van der Waals surface area contributed by atoms with Crippen LogP contribution >= 0.6 is 0 Å². The van der Waals surface area contributed by atoms with E-state index < -0.39 is 17.6 Å². The molecular weight excluding hydrogens is 294 g/mol. The fourth-order valence-electron chi connectivity index (χ4n) is 6.15. The van der Waals surface area contributed by atoms with Gasteiger partial charge < -0.3 is 21.1 Å². The predicted molar refractivity (Wildman–Crippen MR) is 84.3 cm³/mol. The Kier molecular flexibility index (Phi) is 3.47. The van der Waals surface area contributed by atoms with Crippen LogP contribution in [0.3, 0.4) is 0 Å². The molecule has 2 amide bonds. The standard InChI is InChI=1S/C17H27N3O3/c18-15(22)13-2-1-3-20(13)14(21)9-19-16-5-11-4-12(6-16)8-17(23,7-11)10-16/h11-13,19,23H,1-10H2,(H2,18,22)/t11?,12?,13-,16?,17?/m1/s1. The lowest BCUT2D eigenvalue weighted by molar-refractivity contribution is -0.148. The minimum Gasteiger partial charge on any atom is -0.390 e. The predicted octanol–water partition coefficient (Wildman–Crippen LogP) is 0.136. The highest BCUT2D eigenvalue weighted by molar-refractivity contribution is 5.88. The van der Waals surface area contributed by atoms with Crippen LogP contribution in [0, 0.1) is 11.8 Å². The maximum absolute atomic E-state index is 12.5. The van der Waals surface area contributed by atoms with Crippen molar-refractivity contribution in [3.8, 4) is 0 Å². The average Bonchev–Trinajstić information content (AvgIpc) is 2.91. The Morgan fingerprint density at radius 2 is 1.91 bits per heavy atom. The van der Waals surface area contributed by atoms with Gasteiger partial charge in [0.1, 0.15) is 6.04 Å². The van der Waals surface area contributed by atoms with Gasteiger partial charge in [-0.15, -0.1) is 0 Å². The summed E-state index contributed by atoms with van der Waals surface area (Å²) in [5, 5.41) is 14.2.